The van der Waals surface area contributed by atoms with Crippen molar-refractivity contribution in [1.82, 2.24) is 10.3 Å². The summed E-state index contributed by atoms with van der Waals surface area (Å²) in [6.07, 6.45) is 5.17. The summed E-state index contributed by atoms with van der Waals surface area (Å²) in [7, 11) is 1.51. The minimum absolute atomic E-state index is 0.0127. The van der Waals surface area contributed by atoms with Crippen LogP contribution >= 0.6 is 0 Å². The highest BCUT2D eigenvalue weighted by molar-refractivity contribution is 6.39. The molecule has 1 aromatic carbocycles. The first kappa shape index (κ1) is 20.1. The lowest BCUT2D eigenvalue weighted by Gasteiger charge is -2.26. The Bertz CT molecular complexity index is 972. The van der Waals surface area contributed by atoms with Gasteiger partial charge < -0.3 is 9.47 Å². The SMILES string of the molecule is CC[C@@H](C)Oc1ccc(/C=C2\C(=O)NC(=O)N(c3ccncc3)C2=O)cc1OC. The first-order chi connectivity index (χ1) is 13.9. The molecule has 8 heteroatoms. The Labute approximate surface area is 168 Å². The lowest BCUT2D eigenvalue weighted by Crippen LogP contribution is -2.54. The Morgan fingerprint density at radius 2 is 1.86 bits per heavy atom. The molecular formula is C21H21N3O5. The zero-order valence-corrected chi connectivity index (χ0v) is 16.3. The highest BCUT2D eigenvalue weighted by Crippen LogP contribution is 2.31. The average Bonchev–Trinajstić information content (AvgIpc) is 2.72. The molecule has 1 aliphatic heterocycles. The van der Waals surface area contributed by atoms with Crippen LogP contribution in [0.25, 0.3) is 6.08 Å². The molecule has 2 heterocycles. The van der Waals surface area contributed by atoms with Crippen molar-refractivity contribution in [3.63, 3.8) is 0 Å². The Hall–Kier alpha value is -3.68. The van der Waals surface area contributed by atoms with E-state index in [-0.39, 0.29) is 11.7 Å². The number of hydrogen-bond donors (Lipinski definition) is 1. The van der Waals surface area contributed by atoms with E-state index in [9.17, 15) is 14.4 Å². The second kappa shape index (κ2) is 8.55. The molecule has 29 heavy (non-hydrogen) atoms. The van der Waals surface area contributed by atoms with Crippen molar-refractivity contribution in [1.29, 1.82) is 0 Å². The van der Waals surface area contributed by atoms with E-state index < -0.39 is 17.8 Å². The highest BCUT2D eigenvalue weighted by Gasteiger charge is 2.36. The van der Waals surface area contributed by atoms with Crippen molar-refractivity contribution in [2.45, 2.75) is 26.4 Å². The fourth-order valence-corrected chi connectivity index (χ4v) is 2.72. The van der Waals surface area contributed by atoms with Crippen molar-refractivity contribution in [3.05, 3.63) is 53.9 Å². The number of pyridine rings is 1. The van der Waals surface area contributed by atoms with Gasteiger partial charge in [0, 0.05) is 12.4 Å². The second-order valence-corrected chi connectivity index (χ2v) is 6.41. The minimum atomic E-state index is -0.807. The van der Waals surface area contributed by atoms with E-state index in [2.05, 4.69) is 10.3 Å². The number of urea groups is 1. The summed E-state index contributed by atoms with van der Waals surface area (Å²) in [6, 6.07) is 7.30. The molecule has 1 aromatic heterocycles. The van der Waals surface area contributed by atoms with Crippen LogP contribution in [-0.2, 0) is 9.59 Å². The predicted octanol–water partition coefficient (Wildman–Crippen LogP) is 2.93. The number of barbiturate groups is 1. The number of benzene rings is 1. The minimum Gasteiger partial charge on any atom is -0.493 e. The van der Waals surface area contributed by atoms with Gasteiger partial charge in [-0.2, -0.15) is 0 Å². The van der Waals surface area contributed by atoms with Gasteiger partial charge in [0.25, 0.3) is 11.8 Å². The van der Waals surface area contributed by atoms with Gasteiger partial charge in [-0.05, 0) is 49.2 Å². The van der Waals surface area contributed by atoms with Crippen LogP contribution in [0.4, 0.5) is 10.5 Å². The number of nitrogens with zero attached hydrogens (tertiary/aromatic N) is 2. The van der Waals surface area contributed by atoms with Crippen LogP contribution < -0.4 is 19.7 Å². The molecule has 2 aromatic rings. The Balaban J connectivity index is 1.95. The topological polar surface area (TPSA) is 97.8 Å². The van der Waals surface area contributed by atoms with Gasteiger partial charge in [0.05, 0.1) is 18.9 Å². The van der Waals surface area contributed by atoms with Gasteiger partial charge in [0.1, 0.15) is 5.57 Å². The van der Waals surface area contributed by atoms with Crippen LogP contribution in [0.1, 0.15) is 25.8 Å². The molecule has 0 aliphatic carbocycles. The quantitative estimate of drug-likeness (QED) is 0.597. The van der Waals surface area contributed by atoms with Gasteiger partial charge in [-0.15, -0.1) is 0 Å². The molecule has 0 unspecified atom stereocenters. The van der Waals surface area contributed by atoms with Crippen LogP contribution in [0.3, 0.4) is 0 Å². The van der Waals surface area contributed by atoms with Gasteiger partial charge in [0.2, 0.25) is 0 Å². The van der Waals surface area contributed by atoms with E-state index in [1.807, 2.05) is 13.8 Å². The number of nitrogens with one attached hydrogen (secondary N) is 1. The first-order valence-electron chi connectivity index (χ1n) is 9.10. The predicted molar refractivity (Wildman–Crippen MR) is 107 cm³/mol. The second-order valence-electron chi connectivity index (χ2n) is 6.41. The number of methoxy groups -OCH3 is 1. The number of hydrogen-bond acceptors (Lipinski definition) is 6. The summed E-state index contributed by atoms with van der Waals surface area (Å²) in [5.41, 5.74) is 0.704. The van der Waals surface area contributed by atoms with Crippen molar-refractivity contribution in [2.75, 3.05) is 12.0 Å². The van der Waals surface area contributed by atoms with E-state index in [1.165, 1.54) is 37.7 Å². The molecule has 1 aliphatic rings. The van der Waals surface area contributed by atoms with Gasteiger partial charge in [-0.25, -0.2) is 9.69 Å². The van der Waals surface area contributed by atoms with Crippen LogP contribution in [0.2, 0.25) is 0 Å². The van der Waals surface area contributed by atoms with Crippen molar-refractivity contribution in [3.8, 4) is 11.5 Å². The Morgan fingerprint density at radius 1 is 1.14 bits per heavy atom. The number of imide groups is 2. The van der Waals surface area contributed by atoms with E-state index in [0.717, 1.165) is 11.3 Å². The molecular weight excluding hydrogens is 374 g/mol. The Morgan fingerprint density at radius 3 is 2.52 bits per heavy atom. The maximum Gasteiger partial charge on any atom is 0.335 e. The summed E-state index contributed by atoms with van der Waals surface area (Å²) >= 11 is 0. The maximum absolute atomic E-state index is 12.9. The number of amides is 4. The van der Waals surface area contributed by atoms with Crippen LogP contribution in [-0.4, -0.2) is 36.0 Å². The number of anilines is 1. The third kappa shape index (κ3) is 4.26. The van der Waals surface area contributed by atoms with Crippen LogP contribution in [0, 0.1) is 0 Å². The van der Waals surface area contributed by atoms with E-state index in [4.69, 9.17) is 9.47 Å². The standard InChI is InChI=1S/C21H21N3O5/c1-4-13(2)29-17-6-5-14(12-18(17)28-3)11-16-19(25)23-21(27)24(20(16)26)15-7-9-22-10-8-15/h5-13H,4H2,1-3H3,(H,23,25,27)/b16-11+/t13-/m1/s1. The maximum atomic E-state index is 12.9. The van der Waals surface area contributed by atoms with Gasteiger partial charge >= 0.3 is 6.03 Å². The highest BCUT2D eigenvalue weighted by atomic mass is 16.5. The molecule has 8 nitrogen and oxygen atoms in total. The largest absolute Gasteiger partial charge is 0.493 e. The lowest BCUT2D eigenvalue weighted by atomic mass is 10.1. The van der Waals surface area contributed by atoms with Crippen molar-refractivity contribution in [2.24, 2.45) is 0 Å². The van der Waals surface area contributed by atoms with Crippen LogP contribution in [0.15, 0.2) is 48.3 Å². The van der Waals surface area contributed by atoms with E-state index in [1.54, 1.807) is 18.2 Å². The average molecular weight is 395 g/mol. The van der Waals surface area contributed by atoms with Crippen molar-refractivity contribution < 1.29 is 23.9 Å². The number of rotatable bonds is 6. The van der Waals surface area contributed by atoms with Crippen molar-refractivity contribution >= 4 is 29.6 Å². The Kier molecular flexibility index (Phi) is 5.92. The fraction of sp³-hybridized carbons (Fsp3) is 0.238. The number of carbonyl (C=O) groups is 3. The first-order valence-corrected chi connectivity index (χ1v) is 9.10. The summed E-state index contributed by atoms with van der Waals surface area (Å²) in [6.45, 7) is 3.96. The molecule has 1 fully saturated rings. The zero-order chi connectivity index (χ0) is 21.0. The number of carbonyl (C=O) groups excluding carboxylic acids is 3. The summed E-state index contributed by atoms with van der Waals surface area (Å²) in [4.78, 5) is 42.1. The molecule has 1 atom stereocenters. The molecule has 1 saturated heterocycles. The summed E-state index contributed by atoms with van der Waals surface area (Å²) < 4.78 is 11.2. The smallest absolute Gasteiger partial charge is 0.335 e. The summed E-state index contributed by atoms with van der Waals surface area (Å²) in [5, 5.41) is 2.18. The molecule has 150 valence electrons. The monoisotopic (exact) mass is 395 g/mol. The molecule has 0 saturated carbocycles. The normalized spacial score (nSPS) is 16.6. The van der Waals surface area contributed by atoms with Gasteiger partial charge in [-0.3, -0.25) is 19.9 Å². The number of aromatic nitrogens is 1. The molecule has 0 bridgehead atoms. The number of ether oxygens (including phenoxy) is 2. The lowest BCUT2D eigenvalue weighted by molar-refractivity contribution is -0.122. The molecule has 0 spiro atoms. The van der Waals surface area contributed by atoms with E-state index in [0.29, 0.717) is 22.7 Å². The molecule has 0 radical (unpaired) electrons. The third-order valence-electron chi connectivity index (χ3n) is 4.42. The zero-order valence-electron chi connectivity index (χ0n) is 16.3. The van der Waals surface area contributed by atoms with Crippen LogP contribution in [0.5, 0.6) is 11.5 Å². The summed E-state index contributed by atoms with van der Waals surface area (Å²) in [5.74, 6) is -0.435. The third-order valence-corrected chi connectivity index (χ3v) is 4.42. The molecule has 1 N–H and O–H groups in total. The van der Waals surface area contributed by atoms with Gasteiger partial charge in [0.15, 0.2) is 11.5 Å². The van der Waals surface area contributed by atoms with Gasteiger partial charge in [-0.1, -0.05) is 13.0 Å². The fourth-order valence-electron chi connectivity index (χ4n) is 2.72. The molecule has 4 amide bonds. The van der Waals surface area contributed by atoms with E-state index >= 15 is 0 Å². The molecule has 3 rings (SSSR count).